The summed E-state index contributed by atoms with van der Waals surface area (Å²) >= 11 is 0. The number of urea groups is 1. The Morgan fingerprint density at radius 1 is 1.50 bits per heavy atom. The second-order valence-corrected chi connectivity index (χ2v) is 6.25. The Morgan fingerprint density at radius 2 is 2.17 bits per heavy atom. The number of carbonyl (C=O) groups is 2. The standard InChI is InChI=1S/C11H19N5O6S.Na/c1-7(17)13-4-5-14-10(12)9-3-2-8-6-15(9)11(18)16(8)22-23(19,20)21;/h8-9H,2-6H2,1H3,(H2,12,14)(H,13,17)(H,19,20,21);/q;+1/p-1/t8-,9+;/m1./s1. The number of rotatable bonds is 6. The third-order valence-corrected chi connectivity index (χ3v) is 3.96. The summed E-state index contributed by atoms with van der Waals surface area (Å²) in [5.41, 5.74) is 5.89. The molecular formula is C11H18N5NaO6S. The van der Waals surface area contributed by atoms with Crippen LogP contribution in [0.2, 0.25) is 0 Å². The molecule has 2 bridgehead atoms. The minimum absolute atomic E-state index is 0. The Balaban J connectivity index is 0.00000288. The molecule has 2 heterocycles. The van der Waals surface area contributed by atoms with E-state index >= 15 is 0 Å². The van der Waals surface area contributed by atoms with Gasteiger partial charge in [0.25, 0.3) is 0 Å². The van der Waals surface area contributed by atoms with E-state index in [4.69, 9.17) is 5.73 Å². The molecule has 0 aliphatic carbocycles. The number of piperidine rings is 1. The molecule has 0 saturated carbocycles. The number of amidine groups is 1. The van der Waals surface area contributed by atoms with E-state index in [1.54, 1.807) is 0 Å². The first-order valence-corrected chi connectivity index (χ1v) is 8.32. The largest absolute Gasteiger partial charge is 1.00 e. The maximum absolute atomic E-state index is 12.2. The number of amides is 3. The maximum atomic E-state index is 12.2. The van der Waals surface area contributed by atoms with Gasteiger partial charge in [0.2, 0.25) is 16.3 Å². The second-order valence-electron chi connectivity index (χ2n) is 5.28. The van der Waals surface area contributed by atoms with E-state index in [-0.39, 0.29) is 54.4 Å². The van der Waals surface area contributed by atoms with Crippen LogP contribution in [-0.4, -0.2) is 72.4 Å². The third-order valence-electron chi connectivity index (χ3n) is 3.62. The Bertz CT molecular complexity index is 626. The molecule has 2 saturated heterocycles. The van der Waals surface area contributed by atoms with Crippen molar-refractivity contribution >= 4 is 28.2 Å². The first-order chi connectivity index (χ1) is 10.7. The van der Waals surface area contributed by atoms with Gasteiger partial charge in [-0.1, -0.05) is 0 Å². The van der Waals surface area contributed by atoms with Crippen LogP contribution in [-0.2, 0) is 19.5 Å². The maximum Gasteiger partial charge on any atom is 1.00 e. The quantitative estimate of drug-likeness (QED) is 0.118. The van der Waals surface area contributed by atoms with Gasteiger partial charge in [-0.15, -0.1) is 0 Å². The van der Waals surface area contributed by atoms with Crippen LogP contribution in [0.15, 0.2) is 4.99 Å². The van der Waals surface area contributed by atoms with Gasteiger partial charge in [0.05, 0.1) is 18.6 Å². The van der Waals surface area contributed by atoms with Gasteiger partial charge in [-0.3, -0.25) is 9.79 Å². The Kier molecular flexibility index (Phi) is 7.44. The second kappa shape index (κ2) is 8.45. The summed E-state index contributed by atoms with van der Waals surface area (Å²) in [6.07, 6.45) is 0.912. The van der Waals surface area contributed by atoms with Crippen LogP contribution in [0.25, 0.3) is 0 Å². The van der Waals surface area contributed by atoms with Crippen LogP contribution in [0.4, 0.5) is 4.79 Å². The van der Waals surface area contributed by atoms with Gasteiger partial charge in [0.1, 0.15) is 5.84 Å². The molecule has 2 rings (SSSR count). The van der Waals surface area contributed by atoms with E-state index in [9.17, 15) is 22.6 Å². The van der Waals surface area contributed by atoms with E-state index in [0.717, 1.165) is 0 Å². The molecule has 2 aliphatic rings. The summed E-state index contributed by atoms with van der Waals surface area (Å²) in [7, 11) is -5.02. The molecular weight excluding hydrogens is 353 g/mol. The molecule has 3 amide bonds. The predicted molar refractivity (Wildman–Crippen MR) is 76.7 cm³/mol. The summed E-state index contributed by atoms with van der Waals surface area (Å²) in [4.78, 5) is 28.4. The number of hydrogen-bond donors (Lipinski definition) is 2. The number of carbonyl (C=O) groups excluding carboxylic acids is 2. The number of nitrogens with one attached hydrogen (secondary N) is 1. The van der Waals surface area contributed by atoms with Crippen LogP contribution in [0, 0.1) is 0 Å². The molecule has 0 unspecified atom stereocenters. The van der Waals surface area contributed by atoms with E-state index in [1.165, 1.54) is 11.8 Å². The van der Waals surface area contributed by atoms with Crippen molar-refractivity contribution in [1.29, 1.82) is 0 Å². The zero-order chi connectivity index (χ0) is 17.2. The van der Waals surface area contributed by atoms with Gasteiger partial charge in [-0.05, 0) is 12.8 Å². The van der Waals surface area contributed by atoms with Crippen molar-refractivity contribution < 1.29 is 56.4 Å². The minimum atomic E-state index is -5.02. The Morgan fingerprint density at radius 3 is 2.75 bits per heavy atom. The van der Waals surface area contributed by atoms with Crippen molar-refractivity contribution in [2.75, 3.05) is 19.6 Å². The molecule has 0 radical (unpaired) electrons. The van der Waals surface area contributed by atoms with Gasteiger partial charge < -0.3 is 20.5 Å². The van der Waals surface area contributed by atoms with Crippen LogP contribution in [0.5, 0.6) is 0 Å². The summed E-state index contributed by atoms with van der Waals surface area (Å²) in [6.45, 7) is 2.18. The van der Waals surface area contributed by atoms with E-state index in [1.807, 2.05) is 0 Å². The summed E-state index contributed by atoms with van der Waals surface area (Å²) in [5.74, 6) is 0.0367. The summed E-state index contributed by atoms with van der Waals surface area (Å²) < 4.78 is 36.3. The molecule has 2 fully saturated rings. The minimum Gasteiger partial charge on any atom is -0.724 e. The predicted octanol–water partition coefficient (Wildman–Crippen LogP) is -4.86. The fraction of sp³-hybridized carbons (Fsp3) is 0.727. The summed E-state index contributed by atoms with van der Waals surface area (Å²) in [6, 6.07) is -1.72. The van der Waals surface area contributed by atoms with Crippen molar-refractivity contribution in [3.05, 3.63) is 0 Å². The zero-order valence-electron chi connectivity index (χ0n) is 13.5. The monoisotopic (exact) mass is 371 g/mol. The topological polar surface area (TPSA) is 157 Å². The smallest absolute Gasteiger partial charge is 0.724 e. The fourth-order valence-electron chi connectivity index (χ4n) is 2.66. The number of fused-ring (bicyclic) bond motifs is 2. The SMILES string of the molecule is CC(=O)NCCN=C(N)[C@@H]1CC[C@@H]2CN1C(=O)N2OS(=O)(=O)[O-].[Na+]. The van der Waals surface area contributed by atoms with Crippen LogP contribution < -0.4 is 40.6 Å². The van der Waals surface area contributed by atoms with Gasteiger partial charge >= 0.3 is 35.6 Å². The van der Waals surface area contributed by atoms with Crippen molar-refractivity contribution in [2.24, 2.45) is 10.7 Å². The molecule has 11 nitrogen and oxygen atoms in total. The normalized spacial score (nSPS) is 23.9. The number of nitrogens with zero attached hydrogens (tertiary/aromatic N) is 3. The van der Waals surface area contributed by atoms with Gasteiger partial charge in [-0.25, -0.2) is 13.2 Å². The van der Waals surface area contributed by atoms with Crippen LogP contribution in [0.1, 0.15) is 19.8 Å². The van der Waals surface area contributed by atoms with Gasteiger partial charge in [0, 0.05) is 20.0 Å². The zero-order valence-corrected chi connectivity index (χ0v) is 16.3. The van der Waals surface area contributed by atoms with Crippen molar-refractivity contribution in [3.63, 3.8) is 0 Å². The molecule has 0 spiro atoms. The van der Waals surface area contributed by atoms with Gasteiger partial charge in [0.15, 0.2) is 0 Å². The number of hydrogen-bond acceptors (Lipinski definition) is 7. The van der Waals surface area contributed by atoms with Gasteiger partial charge in [-0.2, -0.15) is 9.35 Å². The Hall–Kier alpha value is -0.920. The molecule has 2 atom stereocenters. The van der Waals surface area contributed by atoms with Crippen LogP contribution >= 0.6 is 0 Å². The molecule has 130 valence electrons. The molecule has 24 heavy (non-hydrogen) atoms. The average molecular weight is 371 g/mol. The average Bonchev–Trinajstić information content (AvgIpc) is 2.67. The number of aliphatic imine (C=N–C) groups is 1. The number of hydroxylamine groups is 2. The third kappa shape index (κ3) is 5.29. The van der Waals surface area contributed by atoms with E-state index in [2.05, 4.69) is 14.6 Å². The molecule has 2 aliphatic heterocycles. The van der Waals surface area contributed by atoms with Crippen molar-refractivity contribution in [3.8, 4) is 0 Å². The fourth-order valence-corrected chi connectivity index (χ4v) is 3.04. The summed E-state index contributed by atoms with van der Waals surface area (Å²) in [5, 5.41) is 3.16. The Labute approximate surface area is 161 Å². The van der Waals surface area contributed by atoms with E-state index in [0.29, 0.717) is 24.4 Å². The molecule has 13 heteroatoms. The number of nitrogens with two attached hydrogens (primary N) is 1. The molecule has 0 aromatic carbocycles. The molecule has 0 aromatic heterocycles. The van der Waals surface area contributed by atoms with E-state index < -0.39 is 28.5 Å². The van der Waals surface area contributed by atoms with Crippen molar-refractivity contribution in [2.45, 2.75) is 31.8 Å². The first-order valence-electron chi connectivity index (χ1n) is 6.98. The molecule has 0 aromatic rings. The first kappa shape index (κ1) is 21.1. The van der Waals surface area contributed by atoms with Crippen LogP contribution in [0.3, 0.4) is 0 Å². The van der Waals surface area contributed by atoms with Crippen molar-refractivity contribution in [1.82, 2.24) is 15.3 Å². The molecule has 3 N–H and O–H groups in total.